The van der Waals surface area contributed by atoms with Crippen molar-refractivity contribution in [1.29, 1.82) is 0 Å². The van der Waals surface area contributed by atoms with Gasteiger partial charge >= 0.3 is 6.03 Å². The Morgan fingerprint density at radius 2 is 1.96 bits per heavy atom. The number of likely N-dealkylation sites (tertiary alicyclic amines) is 1. The number of rotatable bonds is 2. The van der Waals surface area contributed by atoms with Gasteiger partial charge in [-0.05, 0) is 31.0 Å². The first-order valence-corrected chi connectivity index (χ1v) is 9.50. The molecular weight excluding hydrogens is 326 g/mol. The summed E-state index contributed by atoms with van der Waals surface area (Å²) in [6.07, 6.45) is 1.09. The van der Waals surface area contributed by atoms with Gasteiger partial charge in [-0.1, -0.05) is 6.07 Å². The molecule has 1 aromatic carbocycles. The molecule has 3 amide bonds. The van der Waals surface area contributed by atoms with Crippen molar-refractivity contribution in [2.75, 3.05) is 43.0 Å². The molecule has 0 aliphatic carbocycles. The van der Waals surface area contributed by atoms with E-state index in [1.807, 2.05) is 16.7 Å². The number of piperidine rings is 1. The number of hydrogen-bond donors (Lipinski definition) is 2. The molecule has 0 saturated carbocycles. The second-order valence-corrected chi connectivity index (χ2v) is 7.38. The predicted octanol–water partition coefficient (Wildman–Crippen LogP) is 1.86. The van der Waals surface area contributed by atoms with E-state index in [0.717, 1.165) is 37.4 Å². The molecule has 2 saturated heterocycles. The third kappa shape index (κ3) is 4.21. The van der Waals surface area contributed by atoms with E-state index < -0.39 is 6.10 Å². The first-order valence-electron chi connectivity index (χ1n) is 8.34. The molecule has 2 fully saturated rings. The van der Waals surface area contributed by atoms with Crippen molar-refractivity contribution in [2.45, 2.75) is 18.9 Å². The lowest BCUT2D eigenvalue weighted by Crippen LogP contribution is -2.44. The van der Waals surface area contributed by atoms with Crippen LogP contribution in [0.15, 0.2) is 24.3 Å². The second-order valence-electron chi connectivity index (χ2n) is 6.16. The normalized spacial score (nSPS) is 21.5. The highest BCUT2D eigenvalue weighted by Crippen LogP contribution is 2.17. The van der Waals surface area contributed by atoms with Gasteiger partial charge in [0.05, 0.1) is 6.10 Å². The van der Waals surface area contributed by atoms with Crippen molar-refractivity contribution >= 4 is 29.4 Å². The number of thioether (sulfide) groups is 1. The van der Waals surface area contributed by atoms with Gasteiger partial charge in [-0.2, -0.15) is 11.8 Å². The first kappa shape index (κ1) is 17.1. The van der Waals surface area contributed by atoms with Gasteiger partial charge in [-0.15, -0.1) is 0 Å². The highest BCUT2D eigenvalue weighted by Gasteiger charge is 2.23. The van der Waals surface area contributed by atoms with Gasteiger partial charge in [-0.25, -0.2) is 4.79 Å². The lowest BCUT2D eigenvalue weighted by atomic mass is 10.1. The summed E-state index contributed by atoms with van der Waals surface area (Å²) in [7, 11) is 0. The smallest absolute Gasteiger partial charge is 0.321 e. The van der Waals surface area contributed by atoms with Crippen LogP contribution < -0.4 is 5.32 Å². The summed E-state index contributed by atoms with van der Waals surface area (Å²) in [6.45, 7) is 2.54. The van der Waals surface area contributed by atoms with Gasteiger partial charge in [0.15, 0.2) is 0 Å². The number of hydrogen-bond acceptors (Lipinski definition) is 4. The van der Waals surface area contributed by atoms with Crippen molar-refractivity contribution in [1.82, 2.24) is 9.80 Å². The molecule has 2 aliphatic rings. The van der Waals surface area contributed by atoms with Gasteiger partial charge < -0.3 is 20.2 Å². The quantitative estimate of drug-likeness (QED) is 0.855. The van der Waals surface area contributed by atoms with E-state index in [4.69, 9.17) is 0 Å². The van der Waals surface area contributed by atoms with E-state index in [2.05, 4.69) is 5.32 Å². The van der Waals surface area contributed by atoms with Gasteiger partial charge in [0.1, 0.15) is 0 Å². The number of nitrogens with one attached hydrogen (secondary N) is 1. The number of carbonyl (C=O) groups excluding carboxylic acids is 2. The van der Waals surface area contributed by atoms with E-state index in [0.29, 0.717) is 24.3 Å². The maximum atomic E-state index is 12.5. The van der Waals surface area contributed by atoms with Gasteiger partial charge in [0.25, 0.3) is 5.91 Å². The Labute approximate surface area is 146 Å². The lowest BCUT2D eigenvalue weighted by molar-refractivity contribution is 0.0772. The molecule has 0 bridgehead atoms. The number of aliphatic hydroxyl groups excluding tert-OH is 1. The number of urea groups is 1. The SMILES string of the molecule is O=C(Nc1cccc(C(=O)N2CCSCC2)c1)N1CCCC(O)C1. The molecule has 7 heteroatoms. The third-order valence-corrected chi connectivity index (χ3v) is 5.29. The summed E-state index contributed by atoms with van der Waals surface area (Å²) >= 11 is 1.86. The molecule has 0 aromatic heterocycles. The van der Waals surface area contributed by atoms with Crippen LogP contribution in [0.25, 0.3) is 0 Å². The van der Waals surface area contributed by atoms with Crippen molar-refractivity contribution in [3.8, 4) is 0 Å². The zero-order chi connectivity index (χ0) is 16.9. The van der Waals surface area contributed by atoms with Gasteiger partial charge in [0, 0.05) is 48.9 Å². The Morgan fingerprint density at radius 1 is 1.17 bits per heavy atom. The molecule has 2 aliphatic heterocycles. The van der Waals surface area contributed by atoms with Crippen LogP contribution >= 0.6 is 11.8 Å². The molecule has 6 nitrogen and oxygen atoms in total. The Bertz CT molecular complexity index is 604. The fourth-order valence-electron chi connectivity index (χ4n) is 3.02. The number of amides is 3. The maximum absolute atomic E-state index is 12.5. The Hall–Kier alpha value is -1.73. The molecule has 1 atom stereocenters. The molecule has 0 radical (unpaired) electrons. The molecule has 130 valence electrons. The van der Waals surface area contributed by atoms with Crippen molar-refractivity contribution in [3.05, 3.63) is 29.8 Å². The zero-order valence-corrected chi connectivity index (χ0v) is 14.4. The lowest BCUT2D eigenvalue weighted by Gasteiger charge is -2.30. The predicted molar refractivity (Wildman–Crippen MR) is 95.5 cm³/mol. The molecule has 0 spiro atoms. The summed E-state index contributed by atoms with van der Waals surface area (Å²) in [5, 5.41) is 12.5. The number of nitrogens with zero attached hydrogens (tertiary/aromatic N) is 2. The van der Waals surface area contributed by atoms with E-state index in [1.54, 1.807) is 29.2 Å². The molecular formula is C17H23N3O3S. The van der Waals surface area contributed by atoms with Crippen LogP contribution in [0.5, 0.6) is 0 Å². The summed E-state index contributed by atoms with van der Waals surface area (Å²) in [6, 6.07) is 6.84. The average molecular weight is 349 g/mol. The fraction of sp³-hybridized carbons (Fsp3) is 0.529. The summed E-state index contributed by atoms with van der Waals surface area (Å²) < 4.78 is 0. The van der Waals surface area contributed by atoms with E-state index >= 15 is 0 Å². The van der Waals surface area contributed by atoms with E-state index in [1.165, 1.54) is 0 Å². The van der Waals surface area contributed by atoms with Crippen LogP contribution in [0, 0.1) is 0 Å². The van der Waals surface area contributed by atoms with Crippen LogP contribution in [0.1, 0.15) is 23.2 Å². The number of aliphatic hydroxyl groups is 1. The standard InChI is InChI=1S/C17H23N3O3S/c21-15-5-2-6-20(12-15)17(23)18-14-4-1-3-13(11-14)16(22)19-7-9-24-10-8-19/h1,3-4,11,15,21H,2,5-10,12H2,(H,18,23). The van der Waals surface area contributed by atoms with Gasteiger partial charge in [0.2, 0.25) is 0 Å². The van der Waals surface area contributed by atoms with Crippen molar-refractivity contribution < 1.29 is 14.7 Å². The Morgan fingerprint density at radius 3 is 2.71 bits per heavy atom. The largest absolute Gasteiger partial charge is 0.391 e. The number of benzene rings is 1. The van der Waals surface area contributed by atoms with Crippen LogP contribution in [-0.2, 0) is 0 Å². The number of β-amino-alcohol motifs (C(OH)–C–C–N with tert-alkyl or cyclic N) is 1. The summed E-state index contributed by atoms with van der Waals surface area (Å²) in [5.74, 6) is 1.96. The summed E-state index contributed by atoms with van der Waals surface area (Å²) in [4.78, 5) is 28.3. The van der Waals surface area contributed by atoms with Gasteiger partial charge in [-0.3, -0.25) is 4.79 Å². The number of carbonyl (C=O) groups is 2. The van der Waals surface area contributed by atoms with Crippen LogP contribution in [0.2, 0.25) is 0 Å². The minimum absolute atomic E-state index is 0.0137. The molecule has 2 heterocycles. The monoisotopic (exact) mass is 349 g/mol. The first-order chi connectivity index (χ1) is 11.6. The number of anilines is 1. The molecule has 1 unspecified atom stereocenters. The second kappa shape index (κ2) is 7.90. The minimum atomic E-state index is -0.450. The maximum Gasteiger partial charge on any atom is 0.321 e. The topological polar surface area (TPSA) is 72.9 Å². The Kier molecular flexibility index (Phi) is 5.63. The third-order valence-electron chi connectivity index (χ3n) is 4.34. The van der Waals surface area contributed by atoms with Crippen molar-refractivity contribution in [3.63, 3.8) is 0 Å². The average Bonchev–Trinajstić information content (AvgIpc) is 2.62. The van der Waals surface area contributed by atoms with Crippen molar-refractivity contribution in [2.24, 2.45) is 0 Å². The fourth-order valence-corrected chi connectivity index (χ4v) is 3.92. The molecule has 1 aromatic rings. The Balaban J connectivity index is 1.64. The highest BCUT2D eigenvalue weighted by molar-refractivity contribution is 7.99. The molecule has 24 heavy (non-hydrogen) atoms. The van der Waals surface area contributed by atoms with E-state index in [9.17, 15) is 14.7 Å². The highest BCUT2D eigenvalue weighted by atomic mass is 32.2. The van der Waals surface area contributed by atoms with E-state index in [-0.39, 0.29) is 11.9 Å². The molecule has 2 N–H and O–H groups in total. The van der Waals surface area contributed by atoms with Crippen LogP contribution in [0.4, 0.5) is 10.5 Å². The van der Waals surface area contributed by atoms with Crippen LogP contribution in [0.3, 0.4) is 0 Å². The summed E-state index contributed by atoms with van der Waals surface area (Å²) in [5.41, 5.74) is 1.20. The van der Waals surface area contributed by atoms with Crippen LogP contribution in [-0.4, -0.2) is 70.6 Å². The minimum Gasteiger partial charge on any atom is -0.391 e. The zero-order valence-electron chi connectivity index (χ0n) is 13.6. The molecule has 3 rings (SSSR count).